The molecule has 4 N–H and O–H groups in total. The van der Waals surface area contributed by atoms with Gasteiger partial charge in [0.25, 0.3) is 7.57 Å². The van der Waals surface area contributed by atoms with E-state index in [9.17, 15) is 13.7 Å². The summed E-state index contributed by atoms with van der Waals surface area (Å²) in [5.41, 5.74) is 0. The Kier molecular flexibility index (Phi) is 3.78. The monoisotopic (exact) mass is 318 g/mol. The van der Waals surface area contributed by atoms with Gasteiger partial charge in [-0.15, -0.1) is 0 Å². The molecule has 1 heterocycles. The van der Waals surface area contributed by atoms with E-state index in [1.165, 1.54) is 0 Å². The van der Waals surface area contributed by atoms with E-state index in [-0.39, 0.29) is 0 Å². The average Bonchev–Trinajstić information content (AvgIpc) is 1.66. The van der Waals surface area contributed by atoms with E-state index in [0.717, 1.165) is 0 Å². The van der Waals surface area contributed by atoms with Crippen LogP contribution in [-0.4, -0.2) is 25.9 Å². The lowest BCUT2D eigenvalue weighted by Crippen LogP contribution is -2.05. The highest BCUT2D eigenvalue weighted by Crippen LogP contribution is 2.82. The van der Waals surface area contributed by atoms with Crippen molar-refractivity contribution in [2.24, 2.45) is 0 Å². The van der Waals surface area contributed by atoms with Gasteiger partial charge >= 0.3 is 23.5 Å². The molecule has 0 aromatic carbocycles. The van der Waals surface area contributed by atoms with Gasteiger partial charge in [-0.2, -0.15) is 8.62 Å². The van der Waals surface area contributed by atoms with Gasteiger partial charge in [-0.3, -0.25) is 0 Å². The van der Waals surface area contributed by atoms with Crippen molar-refractivity contribution in [2.75, 3.05) is 0 Å². The van der Waals surface area contributed by atoms with Gasteiger partial charge in [0.15, 0.2) is 0 Å². The molecule has 1 aliphatic rings. The molecule has 0 aromatic heterocycles. The van der Waals surface area contributed by atoms with Crippen LogP contribution in [0.5, 0.6) is 0 Å². The summed E-state index contributed by atoms with van der Waals surface area (Å²) >= 11 is 0. The normalized spacial score (nSPS) is 45.5. The Morgan fingerprint density at radius 1 is 1.12 bits per heavy atom. The van der Waals surface area contributed by atoms with Crippen molar-refractivity contribution in [1.82, 2.24) is 0 Å². The van der Waals surface area contributed by atoms with Crippen LogP contribution in [-0.2, 0) is 30.9 Å². The molecule has 11 nitrogen and oxygen atoms in total. The van der Waals surface area contributed by atoms with E-state index in [4.69, 9.17) is 19.6 Å². The lowest BCUT2D eigenvalue weighted by molar-refractivity contribution is 0.177. The van der Waals surface area contributed by atoms with Crippen molar-refractivity contribution in [3.8, 4) is 0 Å². The fourth-order valence-electron chi connectivity index (χ4n) is 0.649. The van der Waals surface area contributed by atoms with Crippen LogP contribution in [0, 0.1) is 0 Å². The Bertz CT molecular complexity index is 432. The van der Waals surface area contributed by atoms with E-state index < -0.39 is 31.0 Å². The largest absolute Gasteiger partial charge is 0.499 e. The van der Waals surface area contributed by atoms with E-state index in [2.05, 4.69) is 23.5 Å². The van der Waals surface area contributed by atoms with Crippen LogP contribution in [0.25, 0.3) is 0 Å². The molecule has 0 saturated carbocycles. The zero-order chi connectivity index (χ0) is 12.8. The van der Waals surface area contributed by atoms with Crippen molar-refractivity contribution in [3.63, 3.8) is 0 Å². The molecule has 1 saturated heterocycles. The summed E-state index contributed by atoms with van der Waals surface area (Å²) in [4.78, 5) is 34.5. The maximum atomic E-state index is 11.3. The predicted molar refractivity (Wildman–Crippen MR) is 50.1 cm³/mol. The third-order valence-corrected chi connectivity index (χ3v) is 7.81. The predicted octanol–water partition coefficient (Wildman–Crippen LogP) is 0.554. The van der Waals surface area contributed by atoms with Crippen LogP contribution < -0.4 is 0 Å². The maximum Gasteiger partial charge on any atom is 0.499 e. The van der Waals surface area contributed by atoms with Gasteiger partial charge in [0.05, 0.1) is 0 Å². The number of rotatable bonds is 2. The number of hydrogen-bond acceptors (Lipinski definition) is 8. The van der Waals surface area contributed by atoms with Gasteiger partial charge in [0.2, 0.25) is 0 Å². The molecule has 16 heavy (non-hydrogen) atoms. The van der Waals surface area contributed by atoms with Gasteiger partial charge in [0.1, 0.15) is 0 Å². The Morgan fingerprint density at radius 3 is 2.00 bits per heavy atom. The Labute approximate surface area is 88.6 Å². The lowest BCUT2D eigenvalue weighted by Gasteiger charge is -2.30. The molecular formula is CH6O11P4. The first-order chi connectivity index (χ1) is 6.83. The van der Waals surface area contributed by atoms with Crippen LogP contribution >= 0.6 is 31.0 Å². The minimum Gasteiger partial charge on any atom is -0.332 e. The highest BCUT2D eigenvalue weighted by Gasteiger charge is 2.53. The highest BCUT2D eigenvalue weighted by atomic mass is 31.3. The van der Waals surface area contributed by atoms with E-state index in [1.54, 1.807) is 0 Å². The second-order valence-electron chi connectivity index (χ2n) is 2.37. The van der Waals surface area contributed by atoms with Crippen LogP contribution in [0.1, 0.15) is 0 Å². The van der Waals surface area contributed by atoms with Crippen LogP contribution in [0.15, 0.2) is 0 Å². The molecule has 0 aromatic rings. The molecule has 1 rings (SSSR count). The topological polar surface area (TPSA) is 169 Å². The van der Waals surface area contributed by atoms with Crippen molar-refractivity contribution in [2.45, 2.75) is 0 Å². The van der Waals surface area contributed by atoms with Gasteiger partial charge in [0, 0.05) is 0 Å². The zero-order valence-electron chi connectivity index (χ0n) is 7.14. The van der Waals surface area contributed by atoms with E-state index in [0.29, 0.717) is 0 Å². The molecule has 3 atom stereocenters. The lowest BCUT2D eigenvalue weighted by atomic mass is 12.0. The SMILES string of the molecule is C=P1(O)OP(=O)(O)OP(=O)(OP(=O)(O)O)O1. The highest BCUT2D eigenvalue weighted by molar-refractivity contribution is 7.80. The summed E-state index contributed by atoms with van der Waals surface area (Å²) in [6.07, 6.45) is 2.76. The second-order valence-corrected chi connectivity index (χ2v) is 9.07. The first-order valence-corrected chi connectivity index (χ1v) is 9.37. The number of phosphoric acid groups is 3. The summed E-state index contributed by atoms with van der Waals surface area (Å²) in [5, 5.41) is 0. The molecule has 1 aliphatic heterocycles. The van der Waals surface area contributed by atoms with Crippen molar-refractivity contribution in [1.29, 1.82) is 0 Å². The summed E-state index contributed by atoms with van der Waals surface area (Å²) in [5.74, 6) is 0. The Hall–Kier alpha value is 0.670. The first-order valence-electron chi connectivity index (χ1n) is 3.12. The van der Waals surface area contributed by atoms with Crippen molar-refractivity contribution < 1.29 is 50.5 Å². The summed E-state index contributed by atoms with van der Waals surface area (Å²) in [7, 11) is -19.8. The molecule has 0 bridgehead atoms. The van der Waals surface area contributed by atoms with Crippen molar-refractivity contribution >= 4 is 37.3 Å². The molecule has 0 amide bonds. The van der Waals surface area contributed by atoms with E-state index >= 15 is 0 Å². The standard InChI is InChI=1S/CH6O11P4/c1-13(2)9-15(6,7)12-16(8,10-13)11-14(3,4)5/h2H,1H2,(H,6,7)(H2,3,4,5). The fourth-order valence-corrected chi connectivity index (χ4v) is 7.18. The van der Waals surface area contributed by atoms with Gasteiger partial charge < -0.3 is 19.6 Å². The fraction of sp³-hybridized carbons (Fsp3) is 0. The minimum absolute atomic E-state index is 2.76. The van der Waals surface area contributed by atoms with Gasteiger partial charge in [-0.05, 0) is 6.30 Å². The van der Waals surface area contributed by atoms with Crippen LogP contribution in [0.4, 0.5) is 0 Å². The third-order valence-electron chi connectivity index (χ3n) is 0.868. The third kappa shape index (κ3) is 4.50. The second kappa shape index (κ2) is 4.10. The minimum atomic E-state index is -5.33. The molecule has 96 valence electrons. The Balaban J connectivity index is 3.07. The zero-order valence-corrected chi connectivity index (χ0v) is 10.7. The van der Waals surface area contributed by atoms with Gasteiger partial charge in [-0.25, -0.2) is 22.3 Å². The number of hydrogen-bond donors (Lipinski definition) is 4. The molecule has 0 aliphatic carbocycles. The molecule has 0 spiro atoms. The molecule has 15 heteroatoms. The summed E-state index contributed by atoms with van der Waals surface area (Å²) in [6.45, 7) is 0. The molecule has 0 radical (unpaired) electrons. The maximum absolute atomic E-state index is 11.3. The smallest absolute Gasteiger partial charge is 0.332 e. The van der Waals surface area contributed by atoms with Crippen molar-refractivity contribution in [3.05, 3.63) is 0 Å². The van der Waals surface area contributed by atoms with Crippen LogP contribution in [0.2, 0.25) is 0 Å². The quantitative estimate of drug-likeness (QED) is 0.524. The summed E-state index contributed by atoms with van der Waals surface area (Å²) < 4.78 is 47.7. The van der Waals surface area contributed by atoms with E-state index in [1.807, 2.05) is 0 Å². The molecular weight excluding hydrogens is 312 g/mol. The first kappa shape index (κ1) is 14.7. The molecule has 3 unspecified atom stereocenters. The average molecular weight is 318 g/mol. The molecule has 1 fully saturated rings. The Morgan fingerprint density at radius 2 is 1.62 bits per heavy atom. The van der Waals surface area contributed by atoms with Crippen LogP contribution in [0.3, 0.4) is 0 Å². The summed E-state index contributed by atoms with van der Waals surface area (Å²) in [6, 6.07) is 0. The van der Waals surface area contributed by atoms with Gasteiger partial charge in [-0.1, -0.05) is 0 Å².